The lowest BCUT2D eigenvalue weighted by Gasteiger charge is -2.11. The first-order chi connectivity index (χ1) is 16.1. The highest BCUT2D eigenvalue weighted by Gasteiger charge is 2.24. The van der Waals surface area contributed by atoms with Crippen LogP contribution in [0.2, 0.25) is 0 Å². The van der Waals surface area contributed by atoms with Gasteiger partial charge in [-0.05, 0) is 56.3 Å². The molecule has 2 N–H and O–H groups in total. The molecule has 0 saturated heterocycles. The number of aryl methyl sites for hydroxylation is 1. The average molecular weight is 485 g/mol. The Morgan fingerprint density at radius 3 is 2.38 bits per heavy atom. The standard InChI is InChI=1S/C25H22F2N2O4S/c1-15-3-7-19(8-4-15)34(32,33)29-13-22(21-10-6-18(26)12-24(21)29)20-9-5-17(11-23(20)27)25(31)28-16(2)14-30/h3-13,16,30H,14H2,1-2H3,(H,28,31)/t16-/m1/s1. The van der Waals surface area contributed by atoms with Gasteiger partial charge in [-0.15, -0.1) is 0 Å². The van der Waals surface area contributed by atoms with Crippen LogP contribution in [0, 0.1) is 18.6 Å². The molecule has 4 rings (SSSR count). The third-order valence-electron chi connectivity index (χ3n) is 5.48. The van der Waals surface area contributed by atoms with Crippen LogP contribution in [0.5, 0.6) is 0 Å². The largest absolute Gasteiger partial charge is 0.394 e. The summed E-state index contributed by atoms with van der Waals surface area (Å²) in [5.74, 6) is -1.94. The average Bonchev–Trinajstić information content (AvgIpc) is 3.18. The number of carbonyl (C=O) groups excluding carboxylic acids is 1. The number of aromatic nitrogens is 1. The smallest absolute Gasteiger partial charge is 0.268 e. The molecular weight excluding hydrogens is 462 g/mol. The Balaban J connectivity index is 1.85. The van der Waals surface area contributed by atoms with E-state index in [-0.39, 0.29) is 33.7 Å². The van der Waals surface area contributed by atoms with Gasteiger partial charge in [0, 0.05) is 34.3 Å². The summed E-state index contributed by atoms with van der Waals surface area (Å²) in [6.45, 7) is 3.16. The van der Waals surface area contributed by atoms with Crippen LogP contribution < -0.4 is 5.32 Å². The SMILES string of the molecule is Cc1ccc(S(=O)(=O)n2cc(-c3ccc(C(=O)N[C@H](C)CO)cc3F)c3ccc(F)cc32)cc1. The lowest BCUT2D eigenvalue weighted by molar-refractivity contribution is 0.0922. The maximum Gasteiger partial charge on any atom is 0.268 e. The number of hydrogen-bond donors (Lipinski definition) is 2. The molecule has 6 nitrogen and oxygen atoms in total. The molecule has 9 heteroatoms. The normalized spacial score (nSPS) is 12.6. The van der Waals surface area contributed by atoms with E-state index in [9.17, 15) is 17.6 Å². The molecule has 34 heavy (non-hydrogen) atoms. The highest BCUT2D eigenvalue weighted by Crippen LogP contribution is 2.35. The zero-order chi connectivity index (χ0) is 24.6. The van der Waals surface area contributed by atoms with Crippen molar-refractivity contribution >= 4 is 26.8 Å². The molecule has 1 atom stereocenters. The van der Waals surface area contributed by atoms with Crippen molar-refractivity contribution < 1.29 is 27.1 Å². The van der Waals surface area contributed by atoms with Crippen LogP contribution in [0.3, 0.4) is 0 Å². The van der Waals surface area contributed by atoms with Crippen LogP contribution in [-0.4, -0.2) is 36.1 Å². The summed E-state index contributed by atoms with van der Waals surface area (Å²) in [4.78, 5) is 12.3. The quantitative estimate of drug-likeness (QED) is 0.429. The number of hydrogen-bond acceptors (Lipinski definition) is 4. The first-order valence-corrected chi connectivity index (χ1v) is 11.9. The molecule has 1 aromatic heterocycles. The number of aliphatic hydroxyl groups excluding tert-OH is 1. The molecule has 0 saturated carbocycles. The number of halogens is 2. The van der Waals surface area contributed by atoms with Crippen molar-refractivity contribution in [1.29, 1.82) is 0 Å². The topological polar surface area (TPSA) is 88.4 Å². The molecule has 3 aromatic carbocycles. The maximum absolute atomic E-state index is 15.1. The molecule has 4 aromatic rings. The van der Waals surface area contributed by atoms with E-state index in [2.05, 4.69) is 5.32 Å². The van der Waals surface area contributed by atoms with Gasteiger partial charge in [0.15, 0.2) is 0 Å². The van der Waals surface area contributed by atoms with Crippen molar-refractivity contribution in [2.75, 3.05) is 6.61 Å². The maximum atomic E-state index is 15.1. The highest BCUT2D eigenvalue weighted by atomic mass is 32.2. The number of nitrogens with zero attached hydrogens (tertiary/aromatic N) is 1. The van der Waals surface area contributed by atoms with E-state index < -0.39 is 33.6 Å². The first kappa shape index (κ1) is 23.6. The lowest BCUT2D eigenvalue weighted by Crippen LogP contribution is -2.35. The third-order valence-corrected chi connectivity index (χ3v) is 7.17. The molecule has 0 aliphatic heterocycles. The van der Waals surface area contributed by atoms with Gasteiger partial charge in [-0.25, -0.2) is 21.2 Å². The van der Waals surface area contributed by atoms with Crippen molar-refractivity contribution in [3.63, 3.8) is 0 Å². The molecule has 1 amide bonds. The molecule has 0 radical (unpaired) electrons. The monoisotopic (exact) mass is 484 g/mol. The van der Waals surface area contributed by atoms with Gasteiger partial charge >= 0.3 is 0 Å². The van der Waals surface area contributed by atoms with E-state index in [0.29, 0.717) is 5.39 Å². The second kappa shape index (κ2) is 9.00. The van der Waals surface area contributed by atoms with Crippen molar-refractivity contribution in [3.05, 3.63) is 89.6 Å². The Bertz CT molecular complexity index is 1500. The van der Waals surface area contributed by atoms with E-state index in [1.807, 2.05) is 6.92 Å². The fourth-order valence-electron chi connectivity index (χ4n) is 3.64. The predicted octanol–water partition coefficient (Wildman–Crippen LogP) is 4.24. The Hall–Kier alpha value is -3.56. The number of benzene rings is 3. The summed E-state index contributed by atoms with van der Waals surface area (Å²) < 4.78 is 56.9. The van der Waals surface area contributed by atoms with Gasteiger partial charge in [0.2, 0.25) is 0 Å². The zero-order valence-corrected chi connectivity index (χ0v) is 19.2. The molecule has 0 unspecified atom stereocenters. The molecule has 0 aliphatic carbocycles. The van der Waals surface area contributed by atoms with Crippen molar-refractivity contribution in [2.24, 2.45) is 0 Å². The van der Waals surface area contributed by atoms with Gasteiger partial charge in [0.1, 0.15) is 11.6 Å². The van der Waals surface area contributed by atoms with E-state index in [4.69, 9.17) is 5.11 Å². The number of rotatable bonds is 6. The van der Waals surface area contributed by atoms with E-state index in [1.165, 1.54) is 42.6 Å². The van der Waals surface area contributed by atoms with E-state index in [1.54, 1.807) is 19.1 Å². The van der Waals surface area contributed by atoms with Crippen LogP contribution in [-0.2, 0) is 10.0 Å². The van der Waals surface area contributed by atoms with Gasteiger partial charge in [-0.1, -0.05) is 23.8 Å². The number of nitrogens with one attached hydrogen (secondary N) is 1. The molecule has 0 bridgehead atoms. The summed E-state index contributed by atoms with van der Waals surface area (Å²) in [5, 5.41) is 12.0. The van der Waals surface area contributed by atoms with Crippen LogP contribution >= 0.6 is 0 Å². The van der Waals surface area contributed by atoms with E-state index >= 15 is 4.39 Å². The van der Waals surface area contributed by atoms with Crippen molar-refractivity contribution in [3.8, 4) is 11.1 Å². The summed E-state index contributed by atoms with van der Waals surface area (Å²) in [6, 6.07) is 13.2. The van der Waals surface area contributed by atoms with Gasteiger partial charge in [-0.3, -0.25) is 4.79 Å². The number of fused-ring (bicyclic) bond motifs is 1. The highest BCUT2D eigenvalue weighted by molar-refractivity contribution is 7.90. The second-order valence-electron chi connectivity index (χ2n) is 8.07. The van der Waals surface area contributed by atoms with Crippen LogP contribution in [0.15, 0.2) is 71.8 Å². The molecule has 0 fully saturated rings. The number of aliphatic hydroxyl groups is 1. The fraction of sp³-hybridized carbons (Fsp3) is 0.160. The number of carbonyl (C=O) groups is 1. The van der Waals surface area contributed by atoms with Crippen LogP contribution in [0.4, 0.5) is 8.78 Å². The number of amides is 1. The lowest BCUT2D eigenvalue weighted by atomic mass is 10.0. The summed E-state index contributed by atoms with van der Waals surface area (Å²) in [7, 11) is -4.10. The fourth-order valence-corrected chi connectivity index (χ4v) is 5.00. The Morgan fingerprint density at radius 2 is 1.74 bits per heavy atom. The van der Waals surface area contributed by atoms with Crippen molar-refractivity contribution in [2.45, 2.75) is 24.8 Å². The minimum Gasteiger partial charge on any atom is -0.394 e. The Kier molecular flexibility index (Phi) is 6.24. The molecule has 0 aliphatic rings. The Morgan fingerprint density at radius 1 is 1.03 bits per heavy atom. The van der Waals surface area contributed by atoms with Gasteiger partial charge in [-0.2, -0.15) is 0 Å². The predicted molar refractivity (Wildman–Crippen MR) is 125 cm³/mol. The summed E-state index contributed by atoms with van der Waals surface area (Å²) >= 11 is 0. The second-order valence-corrected chi connectivity index (χ2v) is 9.88. The minimum atomic E-state index is -4.10. The van der Waals surface area contributed by atoms with Crippen LogP contribution in [0.25, 0.3) is 22.0 Å². The van der Waals surface area contributed by atoms with Gasteiger partial charge in [0.25, 0.3) is 15.9 Å². The Labute approximate surface area is 195 Å². The minimum absolute atomic E-state index is 0.0105. The zero-order valence-electron chi connectivity index (χ0n) is 18.4. The summed E-state index contributed by atoms with van der Waals surface area (Å²) in [6.07, 6.45) is 1.26. The molecular formula is C25H22F2N2O4S. The molecule has 0 spiro atoms. The first-order valence-electron chi connectivity index (χ1n) is 10.5. The van der Waals surface area contributed by atoms with E-state index in [0.717, 1.165) is 21.7 Å². The summed E-state index contributed by atoms with van der Waals surface area (Å²) in [5.41, 5.74) is 1.28. The van der Waals surface area contributed by atoms with Gasteiger partial charge in [0.05, 0.1) is 17.0 Å². The third kappa shape index (κ3) is 4.32. The molecule has 1 heterocycles. The van der Waals surface area contributed by atoms with Crippen molar-refractivity contribution in [1.82, 2.24) is 9.29 Å². The molecule has 176 valence electrons. The van der Waals surface area contributed by atoms with Crippen LogP contribution in [0.1, 0.15) is 22.8 Å². The van der Waals surface area contributed by atoms with Gasteiger partial charge < -0.3 is 10.4 Å².